The molecule has 1 N–H and O–H groups in total. The minimum atomic E-state index is -0.703. The molecule has 2 heterocycles. The number of amides is 1. The smallest absolute Gasteiger partial charge is 0.250 e. The van der Waals surface area contributed by atoms with Gasteiger partial charge in [0.25, 0.3) is 0 Å². The van der Waals surface area contributed by atoms with Crippen molar-refractivity contribution in [3.05, 3.63) is 64.9 Å². The molecule has 24 heavy (non-hydrogen) atoms. The van der Waals surface area contributed by atoms with Gasteiger partial charge in [0.1, 0.15) is 23.2 Å². The molecule has 1 amide bonds. The summed E-state index contributed by atoms with van der Waals surface area (Å²) in [6.45, 7) is 1.81. The molecule has 0 unspecified atom stereocenters. The molecule has 0 aliphatic rings. The average Bonchev–Trinajstić information content (AvgIpc) is 3.14. The Kier molecular flexibility index (Phi) is 4.52. The highest BCUT2D eigenvalue weighted by Crippen LogP contribution is 2.27. The van der Waals surface area contributed by atoms with E-state index in [2.05, 4.69) is 10.3 Å². The molecule has 0 saturated heterocycles. The highest BCUT2D eigenvalue weighted by atomic mass is 32.1. The number of halogens is 2. The average molecular weight is 346 g/mol. The van der Waals surface area contributed by atoms with Gasteiger partial charge in [-0.05, 0) is 37.3 Å². The van der Waals surface area contributed by atoms with Gasteiger partial charge in [0.2, 0.25) is 5.91 Å². The van der Waals surface area contributed by atoms with Crippen LogP contribution in [-0.4, -0.2) is 10.9 Å². The van der Waals surface area contributed by atoms with Crippen molar-refractivity contribution in [3.8, 4) is 11.3 Å². The number of nitrogens with zero attached hydrogens (tertiary/aromatic N) is 1. The lowest BCUT2D eigenvalue weighted by molar-refractivity contribution is -0.111. The van der Waals surface area contributed by atoms with Crippen molar-refractivity contribution in [2.24, 2.45) is 0 Å². The Hall–Kier alpha value is -2.80. The van der Waals surface area contributed by atoms with E-state index in [0.29, 0.717) is 16.6 Å². The summed E-state index contributed by atoms with van der Waals surface area (Å²) in [7, 11) is 0. The fourth-order valence-corrected chi connectivity index (χ4v) is 2.71. The summed E-state index contributed by atoms with van der Waals surface area (Å²) >= 11 is 1.15. The molecular formula is C17H12F2N2O2S. The molecule has 0 fully saturated rings. The third-order valence-electron chi connectivity index (χ3n) is 3.10. The number of rotatable bonds is 4. The van der Waals surface area contributed by atoms with Crippen LogP contribution in [0.25, 0.3) is 17.3 Å². The number of aryl methyl sites for hydroxylation is 1. The maximum absolute atomic E-state index is 13.7. The fourth-order valence-electron chi connectivity index (χ4n) is 2.00. The quantitative estimate of drug-likeness (QED) is 0.700. The van der Waals surface area contributed by atoms with Crippen LogP contribution in [-0.2, 0) is 4.79 Å². The van der Waals surface area contributed by atoms with Crippen LogP contribution in [0.2, 0.25) is 0 Å². The minimum absolute atomic E-state index is 0.176. The second-order valence-corrected chi connectivity index (χ2v) is 5.79. The molecule has 0 bridgehead atoms. The summed E-state index contributed by atoms with van der Waals surface area (Å²) < 4.78 is 32.0. The monoisotopic (exact) mass is 346 g/mol. The van der Waals surface area contributed by atoms with Crippen LogP contribution in [0.5, 0.6) is 0 Å². The zero-order valence-corrected chi connectivity index (χ0v) is 13.4. The molecule has 4 nitrogen and oxygen atoms in total. The molecule has 0 aliphatic carbocycles. The third-order valence-corrected chi connectivity index (χ3v) is 3.86. The van der Waals surface area contributed by atoms with Gasteiger partial charge in [0.05, 0.1) is 5.69 Å². The van der Waals surface area contributed by atoms with Crippen LogP contribution in [0.1, 0.15) is 11.5 Å². The SMILES string of the molecule is Cc1ccc(/C=C/C(=O)Nc2nc(-c3ccc(F)cc3F)cs2)o1. The van der Waals surface area contributed by atoms with E-state index < -0.39 is 11.6 Å². The second kappa shape index (κ2) is 6.76. The summed E-state index contributed by atoms with van der Waals surface area (Å²) in [5, 5.41) is 4.49. The second-order valence-electron chi connectivity index (χ2n) is 4.93. The Labute approximate surface area is 140 Å². The number of aromatic nitrogens is 1. The van der Waals surface area contributed by atoms with Crippen molar-refractivity contribution in [1.82, 2.24) is 4.98 Å². The zero-order chi connectivity index (χ0) is 17.1. The third kappa shape index (κ3) is 3.75. The van der Waals surface area contributed by atoms with E-state index in [1.807, 2.05) is 6.92 Å². The Morgan fingerprint density at radius 3 is 2.83 bits per heavy atom. The maximum atomic E-state index is 13.7. The van der Waals surface area contributed by atoms with Gasteiger partial charge in [0, 0.05) is 23.1 Å². The van der Waals surface area contributed by atoms with Crippen molar-refractivity contribution in [3.63, 3.8) is 0 Å². The Morgan fingerprint density at radius 2 is 2.12 bits per heavy atom. The van der Waals surface area contributed by atoms with Crippen LogP contribution in [0.4, 0.5) is 13.9 Å². The van der Waals surface area contributed by atoms with Gasteiger partial charge >= 0.3 is 0 Å². The Bertz CT molecular complexity index is 915. The number of carbonyl (C=O) groups excluding carboxylic acids is 1. The minimum Gasteiger partial charge on any atom is -0.462 e. The van der Waals surface area contributed by atoms with Gasteiger partial charge in [-0.1, -0.05) is 0 Å². The number of nitrogens with one attached hydrogen (secondary N) is 1. The predicted octanol–water partition coefficient (Wildman–Crippen LogP) is 4.64. The van der Waals surface area contributed by atoms with Crippen molar-refractivity contribution >= 4 is 28.5 Å². The van der Waals surface area contributed by atoms with E-state index in [1.54, 1.807) is 17.5 Å². The zero-order valence-electron chi connectivity index (χ0n) is 12.5. The summed E-state index contributed by atoms with van der Waals surface area (Å²) in [5.74, 6) is -0.425. The van der Waals surface area contributed by atoms with E-state index >= 15 is 0 Å². The summed E-state index contributed by atoms with van der Waals surface area (Å²) in [6, 6.07) is 6.80. The Morgan fingerprint density at radius 1 is 1.29 bits per heavy atom. The van der Waals surface area contributed by atoms with Crippen LogP contribution in [0.3, 0.4) is 0 Å². The maximum Gasteiger partial charge on any atom is 0.250 e. The van der Waals surface area contributed by atoms with Crippen LogP contribution >= 0.6 is 11.3 Å². The van der Waals surface area contributed by atoms with E-state index in [1.165, 1.54) is 18.2 Å². The highest BCUT2D eigenvalue weighted by molar-refractivity contribution is 7.14. The number of hydrogen-bond donors (Lipinski definition) is 1. The standard InChI is InChI=1S/C17H12F2N2O2S/c1-10-2-4-12(23-10)5-7-16(22)21-17-20-15(9-24-17)13-6-3-11(18)8-14(13)19/h2-9H,1H3,(H,20,21,22)/b7-5+. The van der Waals surface area contributed by atoms with E-state index in [9.17, 15) is 13.6 Å². The summed E-state index contributed by atoms with van der Waals surface area (Å²) in [4.78, 5) is 16.0. The van der Waals surface area contributed by atoms with Gasteiger partial charge in [-0.3, -0.25) is 10.1 Å². The molecule has 0 saturated carbocycles. The summed E-state index contributed by atoms with van der Waals surface area (Å²) in [5.41, 5.74) is 0.508. The van der Waals surface area contributed by atoms with Crippen molar-refractivity contribution in [2.75, 3.05) is 5.32 Å². The largest absolute Gasteiger partial charge is 0.462 e. The number of anilines is 1. The molecule has 0 spiro atoms. The molecule has 0 atom stereocenters. The fraction of sp³-hybridized carbons (Fsp3) is 0.0588. The number of furan rings is 1. The molecule has 2 aromatic heterocycles. The molecule has 7 heteroatoms. The van der Waals surface area contributed by atoms with E-state index in [4.69, 9.17) is 4.42 Å². The molecule has 0 aliphatic heterocycles. The molecule has 3 aromatic rings. The van der Waals surface area contributed by atoms with Crippen molar-refractivity contribution in [2.45, 2.75) is 6.92 Å². The van der Waals surface area contributed by atoms with E-state index in [-0.39, 0.29) is 11.5 Å². The lowest BCUT2D eigenvalue weighted by Gasteiger charge is -1.99. The number of carbonyl (C=O) groups is 1. The number of thiazole rings is 1. The molecule has 0 radical (unpaired) electrons. The normalized spacial score (nSPS) is 11.1. The molecule has 3 rings (SSSR count). The first-order valence-electron chi connectivity index (χ1n) is 6.98. The first-order chi connectivity index (χ1) is 11.5. The topological polar surface area (TPSA) is 55.1 Å². The molecular weight excluding hydrogens is 334 g/mol. The van der Waals surface area contributed by atoms with Gasteiger partial charge in [-0.2, -0.15) is 0 Å². The van der Waals surface area contributed by atoms with Crippen molar-refractivity contribution in [1.29, 1.82) is 0 Å². The first-order valence-corrected chi connectivity index (χ1v) is 7.86. The van der Waals surface area contributed by atoms with Crippen LogP contribution in [0, 0.1) is 18.6 Å². The number of hydrogen-bond acceptors (Lipinski definition) is 4. The summed E-state index contributed by atoms with van der Waals surface area (Å²) in [6.07, 6.45) is 2.86. The number of benzene rings is 1. The van der Waals surface area contributed by atoms with Gasteiger partial charge < -0.3 is 4.42 Å². The Balaban J connectivity index is 1.69. The first kappa shape index (κ1) is 16.1. The van der Waals surface area contributed by atoms with Crippen molar-refractivity contribution < 1.29 is 18.0 Å². The molecule has 122 valence electrons. The van der Waals surface area contributed by atoms with Crippen LogP contribution in [0.15, 0.2) is 46.2 Å². The highest BCUT2D eigenvalue weighted by Gasteiger charge is 2.11. The van der Waals surface area contributed by atoms with Gasteiger partial charge in [-0.15, -0.1) is 11.3 Å². The lowest BCUT2D eigenvalue weighted by atomic mass is 10.1. The molecule has 1 aromatic carbocycles. The van der Waals surface area contributed by atoms with E-state index in [0.717, 1.165) is 29.2 Å². The van der Waals surface area contributed by atoms with Gasteiger partial charge in [0.15, 0.2) is 5.13 Å². The predicted molar refractivity (Wildman–Crippen MR) is 88.6 cm³/mol. The van der Waals surface area contributed by atoms with Gasteiger partial charge in [-0.25, -0.2) is 13.8 Å². The lowest BCUT2D eigenvalue weighted by Crippen LogP contribution is -2.07. The van der Waals surface area contributed by atoms with Crippen LogP contribution < -0.4 is 5.32 Å².